The van der Waals surface area contributed by atoms with Gasteiger partial charge >= 0.3 is 5.97 Å². The fourth-order valence-electron chi connectivity index (χ4n) is 0.962. The molecule has 70 valence electrons. The van der Waals surface area contributed by atoms with Crippen molar-refractivity contribution in [3.63, 3.8) is 0 Å². The van der Waals surface area contributed by atoms with E-state index in [4.69, 9.17) is 16.6 Å². The standard InChI is InChI=1S/C8H9BrN2O2/c9-4-1-2-5(6(10)3-4)7(11)8(12)13/h1-3,7H,10-11H2,(H,12,13)/t7-/m1/s1. The average Bonchev–Trinajstić information content (AvgIpc) is 2.03. The van der Waals surface area contributed by atoms with E-state index in [2.05, 4.69) is 15.9 Å². The third kappa shape index (κ3) is 2.19. The van der Waals surface area contributed by atoms with Crippen LogP contribution in [0.25, 0.3) is 0 Å². The maximum absolute atomic E-state index is 10.5. The van der Waals surface area contributed by atoms with Gasteiger partial charge in [-0.1, -0.05) is 22.0 Å². The molecule has 0 aromatic heterocycles. The molecule has 4 nitrogen and oxygen atoms in total. The first-order valence-electron chi connectivity index (χ1n) is 3.55. The number of rotatable bonds is 2. The Kier molecular flexibility index (Phi) is 2.90. The van der Waals surface area contributed by atoms with Crippen LogP contribution in [-0.2, 0) is 4.79 Å². The predicted molar refractivity (Wildman–Crippen MR) is 53.1 cm³/mol. The lowest BCUT2D eigenvalue weighted by molar-refractivity contribution is -0.138. The number of halogens is 1. The fraction of sp³-hybridized carbons (Fsp3) is 0.125. The number of carboxylic acid groups (broad SMARTS) is 1. The smallest absolute Gasteiger partial charge is 0.325 e. The summed E-state index contributed by atoms with van der Waals surface area (Å²) in [6.45, 7) is 0. The number of benzene rings is 1. The number of anilines is 1. The second-order valence-corrected chi connectivity index (χ2v) is 3.50. The highest BCUT2D eigenvalue weighted by atomic mass is 79.9. The Bertz CT molecular complexity index is 341. The fourth-order valence-corrected chi connectivity index (χ4v) is 1.34. The minimum atomic E-state index is -1.09. The van der Waals surface area contributed by atoms with Crippen LogP contribution < -0.4 is 11.5 Å². The molecule has 1 rings (SSSR count). The topological polar surface area (TPSA) is 89.3 Å². The van der Waals surface area contributed by atoms with Crippen LogP contribution in [0.3, 0.4) is 0 Å². The molecule has 0 amide bonds. The van der Waals surface area contributed by atoms with Crippen molar-refractivity contribution in [2.24, 2.45) is 5.73 Å². The van der Waals surface area contributed by atoms with Gasteiger partial charge in [0.2, 0.25) is 0 Å². The van der Waals surface area contributed by atoms with E-state index in [1.807, 2.05) is 0 Å². The van der Waals surface area contributed by atoms with Gasteiger partial charge in [0.05, 0.1) is 0 Å². The Labute approximate surface area is 83.7 Å². The molecule has 0 aliphatic rings. The molecule has 1 atom stereocenters. The van der Waals surface area contributed by atoms with E-state index >= 15 is 0 Å². The van der Waals surface area contributed by atoms with E-state index < -0.39 is 12.0 Å². The molecule has 0 aliphatic heterocycles. The summed E-state index contributed by atoms with van der Waals surface area (Å²) in [5.74, 6) is -1.09. The molecule has 0 saturated heterocycles. The van der Waals surface area contributed by atoms with Gasteiger partial charge in [0, 0.05) is 15.7 Å². The van der Waals surface area contributed by atoms with E-state index in [1.165, 1.54) is 0 Å². The third-order valence-electron chi connectivity index (χ3n) is 1.65. The summed E-state index contributed by atoms with van der Waals surface area (Å²) in [7, 11) is 0. The molecule has 0 spiro atoms. The van der Waals surface area contributed by atoms with Crippen molar-refractivity contribution in [3.05, 3.63) is 28.2 Å². The molecule has 0 fully saturated rings. The third-order valence-corrected chi connectivity index (χ3v) is 2.14. The molecule has 0 unspecified atom stereocenters. The molecule has 5 N–H and O–H groups in total. The molecule has 0 heterocycles. The Morgan fingerprint density at radius 3 is 2.62 bits per heavy atom. The van der Waals surface area contributed by atoms with Crippen molar-refractivity contribution in [2.45, 2.75) is 6.04 Å². The normalized spacial score (nSPS) is 12.5. The lowest BCUT2D eigenvalue weighted by atomic mass is 10.1. The predicted octanol–water partition coefficient (Wildman–Crippen LogP) is 1.12. The summed E-state index contributed by atoms with van der Waals surface area (Å²) in [5.41, 5.74) is 11.8. The SMILES string of the molecule is Nc1cc(Br)ccc1[C@@H](N)C(=O)O. The first kappa shape index (κ1) is 10.0. The van der Waals surface area contributed by atoms with Crippen molar-refractivity contribution in [1.82, 2.24) is 0 Å². The highest BCUT2D eigenvalue weighted by Crippen LogP contribution is 2.22. The van der Waals surface area contributed by atoms with Crippen molar-refractivity contribution < 1.29 is 9.90 Å². The van der Waals surface area contributed by atoms with Crippen LogP contribution in [0, 0.1) is 0 Å². The lowest BCUT2D eigenvalue weighted by Gasteiger charge is -2.09. The zero-order valence-corrected chi connectivity index (χ0v) is 8.28. The van der Waals surface area contributed by atoms with Gasteiger partial charge in [-0.05, 0) is 12.1 Å². The van der Waals surface area contributed by atoms with Gasteiger partial charge in [-0.25, -0.2) is 0 Å². The first-order chi connectivity index (χ1) is 6.02. The average molecular weight is 245 g/mol. The second-order valence-electron chi connectivity index (χ2n) is 2.59. The number of hydrogen-bond acceptors (Lipinski definition) is 3. The minimum Gasteiger partial charge on any atom is -0.480 e. The summed E-state index contributed by atoms with van der Waals surface area (Å²) in [5, 5.41) is 8.64. The van der Waals surface area contributed by atoms with E-state index in [9.17, 15) is 4.79 Å². The van der Waals surface area contributed by atoms with Gasteiger partial charge in [-0.2, -0.15) is 0 Å². The largest absolute Gasteiger partial charge is 0.480 e. The van der Waals surface area contributed by atoms with E-state index in [0.717, 1.165) is 4.47 Å². The minimum absolute atomic E-state index is 0.379. The van der Waals surface area contributed by atoms with Gasteiger partial charge in [0.15, 0.2) is 0 Å². The van der Waals surface area contributed by atoms with Crippen LogP contribution >= 0.6 is 15.9 Å². The summed E-state index contributed by atoms with van der Waals surface area (Å²) >= 11 is 3.21. The highest BCUT2D eigenvalue weighted by Gasteiger charge is 2.16. The van der Waals surface area contributed by atoms with Crippen molar-refractivity contribution in [2.75, 3.05) is 5.73 Å². The number of carboxylic acids is 1. The molecular weight excluding hydrogens is 236 g/mol. The molecule has 5 heteroatoms. The van der Waals surface area contributed by atoms with Crippen LogP contribution in [0.1, 0.15) is 11.6 Å². The van der Waals surface area contributed by atoms with Gasteiger partial charge in [0.1, 0.15) is 6.04 Å². The Balaban J connectivity index is 3.08. The zero-order chi connectivity index (χ0) is 10.0. The molecule has 0 aliphatic carbocycles. The molecule has 0 radical (unpaired) electrons. The maximum Gasteiger partial charge on any atom is 0.325 e. The van der Waals surface area contributed by atoms with Crippen molar-refractivity contribution in [1.29, 1.82) is 0 Å². The van der Waals surface area contributed by atoms with Crippen LogP contribution in [0.2, 0.25) is 0 Å². The van der Waals surface area contributed by atoms with E-state index in [1.54, 1.807) is 18.2 Å². The summed E-state index contributed by atoms with van der Waals surface area (Å²) in [4.78, 5) is 10.5. The van der Waals surface area contributed by atoms with Crippen LogP contribution in [0.15, 0.2) is 22.7 Å². The molecule has 0 bridgehead atoms. The van der Waals surface area contributed by atoms with Crippen LogP contribution in [-0.4, -0.2) is 11.1 Å². The molecular formula is C8H9BrN2O2. The summed E-state index contributed by atoms with van der Waals surface area (Å²) < 4.78 is 0.798. The second kappa shape index (κ2) is 3.76. The summed E-state index contributed by atoms with van der Waals surface area (Å²) in [6, 6.07) is 3.86. The number of carbonyl (C=O) groups is 1. The van der Waals surface area contributed by atoms with Crippen LogP contribution in [0.4, 0.5) is 5.69 Å². The Morgan fingerprint density at radius 1 is 1.54 bits per heavy atom. The first-order valence-corrected chi connectivity index (χ1v) is 4.35. The quantitative estimate of drug-likeness (QED) is 0.681. The Morgan fingerprint density at radius 2 is 2.15 bits per heavy atom. The molecule has 1 aromatic carbocycles. The molecule has 0 saturated carbocycles. The maximum atomic E-state index is 10.5. The van der Waals surface area contributed by atoms with Gasteiger partial charge in [-0.3, -0.25) is 4.79 Å². The van der Waals surface area contributed by atoms with Gasteiger partial charge < -0.3 is 16.6 Å². The number of hydrogen-bond donors (Lipinski definition) is 3. The monoisotopic (exact) mass is 244 g/mol. The zero-order valence-electron chi connectivity index (χ0n) is 6.70. The lowest BCUT2D eigenvalue weighted by Crippen LogP contribution is -2.21. The van der Waals surface area contributed by atoms with Gasteiger partial charge in [0.25, 0.3) is 0 Å². The number of nitrogen functional groups attached to an aromatic ring is 1. The van der Waals surface area contributed by atoms with Crippen molar-refractivity contribution >= 4 is 27.6 Å². The highest BCUT2D eigenvalue weighted by molar-refractivity contribution is 9.10. The van der Waals surface area contributed by atoms with E-state index in [-0.39, 0.29) is 0 Å². The molecule has 1 aromatic rings. The number of aliphatic carboxylic acids is 1. The molecule has 13 heavy (non-hydrogen) atoms. The number of nitrogens with two attached hydrogens (primary N) is 2. The van der Waals surface area contributed by atoms with E-state index in [0.29, 0.717) is 11.3 Å². The van der Waals surface area contributed by atoms with Crippen molar-refractivity contribution in [3.8, 4) is 0 Å². The van der Waals surface area contributed by atoms with Crippen LogP contribution in [0.5, 0.6) is 0 Å². The summed E-state index contributed by atoms with van der Waals surface area (Å²) in [6.07, 6.45) is 0. The van der Waals surface area contributed by atoms with Gasteiger partial charge in [-0.15, -0.1) is 0 Å². The Hall–Kier alpha value is -1.07.